The van der Waals surface area contributed by atoms with Gasteiger partial charge in [0.05, 0.1) is 23.9 Å². The highest BCUT2D eigenvalue weighted by molar-refractivity contribution is 6.35. The number of amides is 1. The van der Waals surface area contributed by atoms with Crippen LogP contribution < -0.4 is 19.5 Å². The Labute approximate surface area is 220 Å². The van der Waals surface area contributed by atoms with Gasteiger partial charge in [-0.15, -0.1) is 0 Å². The molecule has 0 radical (unpaired) electrons. The highest BCUT2D eigenvalue weighted by Crippen LogP contribution is 2.29. The third kappa shape index (κ3) is 8.04. The van der Waals surface area contributed by atoms with Gasteiger partial charge in [-0.05, 0) is 79.6 Å². The van der Waals surface area contributed by atoms with Crippen LogP contribution >= 0.6 is 23.2 Å². The lowest BCUT2D eigenvalue weighted by atomic mass is 10.2. The van der Waals surface area contributed by atoms with E-state index in [0.29, 0.717) is 51.8 Å². The molecule has 0 saturated heterocycles. The second kappa shape index (κ2) is 13.6. The molecule has 0 aliphatic heterocycles. The highest BCUT2D eigenvalue weighted by atomic mass is 35.5. The average molecular weight is 528 g/mol. The zero-order valence-electron chi connectivity index (χ0n) is 20.1. The first-order valence-corrected chi connectivity index (χ1v) is 12.3. The Morgan fingerprint density at radius 2 is 1.69 bits per heavy atom. The Morgan fingerprint density at radius 1 is 0.917 bits per heavy atom. The van der Waals surface area contributed by atoms with Gasteiger partial charge in [0.25, 0.3) is 5.91 Å². The van der Waals surface area contributed by atoms with Gasteiger partial charge in [0.2, 0.25) is 0 Å². The van der Waals surface area contributed by atoms with E-state index in [4.69, 9.17) is 37.4 Å². The number of rotatable bonds is 11. The summed E-state index contributed by atoms with van der Waals surface area (Å²) in [6.07, 6.45) is 4.96. The molecule has 6 nitrogen and oxygen atoms in total. The number of carbonyl (C=O) groups is 2. The lowest BCUT2D eigenvalue weighted by molar-refractivity contribution is -0.128. The summed E-state index contributed by atoms with van der Waals surface area (Å²) in [7, 11) is 0. The van der Waals surface area contributed by atoms with E-state index in [2.05, 4.69) is 12.2 Å². The van der Waals surface area contributed by atoms with Crippen molar-refractivity contribution in [2.24, 2.45) is 0 Å². The van der Waals surface area contributed by atoms with E-state index in [0.717, 1.165) is 18.4 Å². The maximum atomic E-state index is 12.5. The molecule has 0 aromatic heterocycles. The third-order valence-electron chi connectivity index (χ3n) is 4.95. The van der Waals surface area contributed by atoms with E-state index in [1.54, 1.807) is 36.4 Å². The number of hydrogen-bond acceptors (Lipinski definition) is 5. The van der Waals surface area contributed by atoms with E-state index in [1.165, 1.54) is 18.2 Å². The van der Waals surface area contributed by atoms with Gasteiger partial charge < -0.3 is 19.5 Å². The van der Waals surface area contributed by atoms with Gasteiger partial charge in [-0.1, -0.05) is 42.6 Å². The molecule has 36 heavy (non-hydrogen) atoms. The van der Waals surface area contributed by atoms with Crippen LogP contribution in [0.2, 0.25) is 10.0 Å². The minimum absolute atomic E-state index is 0.302. The number of carbonyl (C=O) groups excluding carboxylic acids is 2. The van der Waals surface area contributed by atoms with Gasteiger partial charge in [-0.3, -0.25) is 4.79 Å². The van der Waals surface area contributed by atoms with Crippen molar-refractivity contribution >= 4 is 46.8 Å². The summed E-state index contributed by atoms with van der Waals surface area (Å²) in [6.45, 7) is 5.12. The van der Waals surface area contributed by atoms with Crippen LogP contribution in [0.3, 0.4) is 0 Å². The first kappa shape index (κ1) is 27.1. The minimum atomic E-state index is -0.556. The summed E-state index contributed by atoms with van der Waals surface area (Å²) in [5.74, 6) is 0.670. The van der Waals surface area contributed by atoms with Crippen molar-refractivity contribution in [3.05, 3.63) is 87.9 Å². The maximum absolute atomic E-state index is 12.5. The predicted molar refractivity (Wildman–Crippen MR) is 144 cm³/mol. The molecule has 0 bridgehead atoms. The molecule has 188 valence electrons. The quantitative estimate of drug-likeness (QED) is 0.121. The number of anilines is 1. The van der Waals surface area contributed by atoms with Gasteiger partial charge in [-0.25, -0.2) is 4.79 Å². The monoisotopic (exact) mass is 527 g/mol. The molecule has 1 N–H and O–H groups in total. The Balaban J connectivity index is 1.59. The summed E-state index contributed by atoms with van der Waals surface area (Å²) in [5, 5.41) is 3.53. The SMILES string of the molecule is CCCCOc1ccc(/C=C/C(=O)Oc2ccc(C(=O)Nc3cc(Cl)ccc3Cl)cc2)cc1OCC. The Morgan fingerprint density at radius 3 is 2.42 bits per heavy atom. The summed E-state index contributed by atoms with van der Waals surface area (Å²) < 4.78 is 16.8. The maximum Gasteiger partial charge on any atom is 0.336 e. The van der Waals surface area contributed by atoms with Crippen molar-refractivity contribution < 1.29 is 23.8 Å². The number of benzene rings is 3. The van der Waals surface area contributed by atoms with Crippen LogP contribution in [0.1, 0.15) is 42.6 Å². The van der Waals surface area contributed by atoms with Crippen molar-refractivity contribution in [3.63, 3.8) is 0 Å². The number of hydrogen-bond donors (Lipinski definition) is 1. The first-order valence-electron chi connectivity index (χ1n) is 11.6. The van der Waals surface area contributed by atoms with E-state index in [1.807, 2.05) is 25.1 Å². The van der Waals surface area contributed by atoms with Gasteiger partial charge in [0.15, 0.2) is 11.5 Å². The van der Waals surface area contributed by atoms with Crippen molar-refractivity contribution in [1.29, 1.82) is 0 Å². The molecule has 3 rings (SSSR count). The molecule has 1 amide bonds. The van der Waals surface area contributed by atoms with Crippen LogP contribution in [0.4, 0.5) is 5.69 Å². The fraction of sp³-hybridized carbons (Fsp3) is 0.214. The Kier molecular flexibility index (Phi) is 10.2. The molecular formula is C28H27Cl2NO5. The van der Waals surface area contributed by atoms with Gasteiger partial charge >= 0.3 is 5.97 Å². The highest BCUT2D eigenvalue weighted by Gasteiger charge is 2.11. The number of ether oxygens (including phenoxy) is 3. The van der Waals surface area contributed by atoms with Crippen LogP contribution in [0, 0.1) is 0 Å². The van der Waals surface area contributed by atoms with E-state index in [-0.39, 0.29) is 5.91 Å². The molecule has 0 spiro atoms. The Bertz CT molecular complexity index is 1230. The fourth-order valence-electron chi connectivity index (χ4n) is 3.12. The molecule has 0 aliphatic rings. The number of unbranched alkanes of at least 4 members (excludes halogenated alkanes) is 1. The van der Waals surface area contributed by atoms with Crippen LogP contribution in [0.5, 0.6) is 17.2 Å². The lowest BCUT2D eigenvalue weighted by Crippen LogP contribution is -2.12. The smallest absolute Gasteiger partial charge is 0.336 e. The summed E-state index contributed by atoms with van der Waals surface area (Å²) >= 11 is 12.0. The normalized spacial score (nSPS) is 10.8. The first-order chi connectivity index (χ1) is 17.4. The molecule has 0 atom stereocenters. The zero-order chi connectivity index (χ0) is 25.9. The number of halogens is 2. The molecule has 8 heteroatoms. The molecule has 3 aromatic rings. The summed E-state index contributed by atoms with van der Waals surface area (Å²) in [5.41, 5.74) is 1.54. The molecule has 0 saturated carbocycles. The second-order valence-electron chi connectivity index (χ2n) is 7.70. The van der Waals surface area contributed by atoms with Gasteiger partial charge in [0, 0.05) is 16.7 Å². The largest absolute Gasteiger partial charge is 0.490 e. The molecule has 0 heterocycles. The number of nitrogens with one attached hydrogen (secondary N) is 1. The predicted octanol–water partition coefficient (Wildman–Crippen LogP) is 7.44. The van der Waals surface area contributed by atoms with E-state index >= 15 is 0 Å². The van der Waals surface area contributed by atoms with E-state index < -0.39 is 5.97 Å². The number of esters is 1. The minimum Gasteiger partial charge on any atom is -0.490 e. The summed E-state index contributed by atoms with van der Waals surface area (Å²) in [6, 6.07) is 16.4. The summed E-state index contributed by atoms with van der Waals surface area (Å²) in [4.78, 5) is 24.8. The van der Waals surface area contributed by atoms with Crippen molar-refractivity contribution in [1.82, 2.24) is 0 Å². The van der Waals surface area contributed by atoms with Crippen molar-refractivity contribution in [3.8, 4) is 17.2 Å². The van der Waals surface area contributed by atoms with Crippen molar-refractivity contribution in [2.75, 3.05) is 18.5 Å². The lowest BCUT2D eigenvalue weighted by Gasteiger charge is -2.12. The molecule has 3 aromatic carbocycles. The van der Waals surface area contributed by atoms with Gasteiger partial charge in [0.1, 0.15) is 5.75 Å². The topological polar surface area (TPSA) is 73.9 Å². The average Bonchev–Trinajstić information content (AvgIpc) is 2.87. The standard InChI is InChI=1S/C28H27Cl2NO5/c1-3-5-16-35-25-14-6-19(17-26(25)34-4-2)7-15-27(32)36-22-11-8-20(9-12-22)28(33)31-24-18-21(29)10-13-23(24)30/h6-15,17-18H,3-5,16H2,1-2H3,(H,31,33)/b15-7+. The second-order valence-corrected chi connectivity index (χ2v) is 8.54. The van der Waals surface area contributed by atoms with Gasteiger partial charge in [-0.2, -0.15) is 0 Å². The molecule has 0 unspecified atom stereocenters. The molecular weight excluding hydrogens is 501 g/mol. The van der Waals surface area contributed by atoms with Crippen LogP contribution in [0.15, 0.2) is 66.7 Å². The Hall–Kier alpha value is -3.48. The third-order valence-corrected chi connectivity index (χ3v) is 5.51. The zero-order valence-corrected chi connectivity index (χ0v) is 21.6. The molecule has 0 fully saturated rings. The van der Waals surface area contributed by atoms with Crippen molar-refractivity contribution in [2.45, 2.75) is 26.7 Å². The molecule has 0 aliphatic carbocycles. The van der Waals surface area contributed by atoms with Crippen LogP contribution in [-0.4, -0.2) is 25.1 Å². The fourth-order valence-corrected chi connectivity index (χ4v) is 3.46. The van der Waals surface area contributed by atoms with Crippen LogP contribution in [-0.2, 0) is 4.79 Å². The van der Waals surface area contributed by atoms with E-state index in [9.17, 15) is 9.59 Å². The van der Waals surface area contributed by atoms with Crippen LogP contribution in [0.25, 0.3) is 6.08 Å².